The summed E-state index contributed by atoms with van der Waals surface area (Å²) in [5, 5.41) is 19.6. The molecule has 0 aliphatic carbocycles. The zero-order valence-electron chi connectivity index (χ0n) is 9.59. The standard InChI is InChI=1S/C9H12N6O3S/c10-5-2-7(13-1-12-5)15(9(19)14-2)8-4(17)3(16)6(11)18-8/h1,3-4,6,8,16-17H,11H2,(H,14,19)(H2,10,12,13). The van der Waals surface area contributed by atoms with Crippen LogP contribution in [-0.2, 0) is 4.74 Å². The summed E-state index contributed by atoms with van der Waals surface area (Å²) in [5.41, 5.74) is 12.1. The van der Waals surface area contributed by atoms with Crippen LogP contribution in [0.1, 0.15) is 6.23 Å². The van der Waals surface area contributed by atoms with Gasteiger partial charge in [0.25, 0.3) is 0 Å². The van der Waals surface area contributed by atoms with E-state index in [0.717, 1.165) is 0 Å². The van der Waals surface area contributed by atoms with Crippen LogP contribution in [0, 0.1) is 4.77 Å². The maximum atomic E-state index is 9.94. The summed E-state index contributed by atoms with van der Waals surface area (Å²) in [6.07, 6.45) is -3.06. The van der Waals surface area contributed by atoms with Crippen LogP contribution in [0.3, 0.4) is 0 Å². The van der Waals surface area contributed by atoms with E-state index in [1.54, 1.807) is 0 Å². The molecule has 1 saturated heterocycles. The van der Waals surface area contributed by atoms with Gasteiger partial charge in [0.1, 0.15) is 30.3 Å². The third kappa shape index (κ3) is 1.73. The zero-order chi connectivity index (χ0) is 13.7. The molecule has 7 N–H and O–H groups in total. The molecule has 0 saturated carbocycles. The van der Waals surface area contributed by atoms with Gasteiger partial charge in [0, 0.05) is 0 Å². The van der Waals surface area contributed by atoms with E-state index < -0.39 is 24.7 Å². The summed E-state index contributed by atoms with van der Waals surface area (Å²) in [7, 11) is 0. The Morgan fingerprint density at radius 1 is 1.37 bits per heavy atom. The number of hydrogen-bond acceptors (Lipinski definition) is 8. The number of aromatic amines is 1. The Morgan fingerprint density at radius 2 is 2.11 bits per heavy atom. The molecule has 1 fully saturated rings. The SMILES string of the molecule is Nc1ncnc2c1[nH]c(=S)n2C1OC(N)C(O)C1O. The number of nitrogens with two attached hydrogens (primary N) is 2. The lowest BCUT2D eigenvalue weighted by Crippen LogP contribution is -2.36. The van der Waals surface area contributed by atoms with Crippen molar-refractivity contribution >= 4 is 29.2 Å². The second-order valence-electron chi connectivity index (χ2n) is 4.23. The highest BCUT2D eigenvalue weighted by atomic mass is 32.1. The highest BCUT2D eigenvalue weighted by Crippen LogP contribution is 2.30. The number of aromatic nitrogens is 4. The van der Waals surface area contributed by atoms with Crippen molar-refractivity contribution in [1.29, 1.82) is 0 Å². The molecule has 10 heteroatoms. The van der Waals surface area contributed by atoms with Crippen LogP contribution >= 0.6 is 12.2 Å². The molecule has 2 aromatic heterocycles. The van der Waals surface area contributed by atoms with Gasteiger partial charge >= 0.3 is 0 Å². The first kappa shape index (κ1) is 12.4. The van der Waals surface area contributed by atoms with Crippen LogP contribution in [0.25, 0.3) is 11.2 Å². The summed E-state index contributed by atoms with van der Waals surface area (Å²) in [4.78, 5) is 10.7. The third-order valence-electron chi connectivity index (χ3n) is 3.07. The van der Waals surface area contributed by atoms with Gasteiger partial charge in [-0.15, -0.1) is 0 Å². The quantitative estimate of drug-likeness (QED) is 0.402. The van der Waals surface area contributed by atoms with Crippen LogP contribution in [0.15, 0.2) is 6.33 Å². The van der Waals surface area contributed by atoms with Gasteiger partial charge in [-0.05, 0) is 12.2 Å². The average Bonchev–Trinajstić information content (AvgIpc) is 2.83. The van der Waals surface area contributed by atoms with E-state index in [4.69, 9.17) is 28.4 Å². The lowest BCUT2D eigenvalue weighted by Gasteiger charge is -2.16. The fourth-order valence-corrected chi connectivity index (χ4v) is 2.38. The van der Waals surface area contributed by atoms with Crippen molar-refractivity contribution in [3.8, 4) is 0 Å². The highest BCUT2D eigenvalue weighted by Gasteiger charge is 2.43. The van der Waals surface area contributed by atoms with Gasteiger partial charge in [0.05, 0.1) is 0 Å². The number of H-pyrrole nitrogens is 1. The van der Waals surface area contributed by atoms with E-state index in [0.29, 0.717) is 11.2 Å². The molecule has 3 heterocycles. The van der Waals surface area contributed by atoms with Crippen molar-refractivity contribution in [3.63, 3.8) is 0 Å². The number of anilines is 1. The number of imidazole rings is 1. The van der Waals surface area contributed by atoms with Crippen LogP contribution in [0.5, 0.6) is 0 Å². The number of rotatable bonds is 1. The van der Waals surface area contributed by atoms with Gasteiger partial charge in [-0.25, -0.2) is 9.97 Å². The Labute approximate surface area is 111 Å². The predicted molar refractivity (Wildman–Crippen MR) is 67.2 cm³/mol. The molecule has 102 valence electrons. The minimum absolute atomic E-state index is 0.229. The molecule has 2 aromatic rings. The number of fused-ring (bicyclic) bond motifs is 1. The highest BCUT2D eigenvalue weighted by molar-refractivity contribution is 7.71. The van der Waals surface area contributed by atoms with Crippen molar-refractivity contribution in [2.75, 3.05) is 5.73 Å². The fourth-order valence-electron chi connectivity index (χ4n) is 2.09. The third-order valence-corrected chi connectivity index (χ3v) is 3.36. The van der Waals surface area contributed by atoms with Gasteiger partial charge in [-0.3, -0.25) is 4.57 Å². The molecule has 0 aromatic carbocycles. The Balaban J connectivity index is 2.19. The second-order valence-corrected chi connectivity index (χ2v) is 4.62. The first-order valence-electron chi connectivity index (χ1n) is 5.48. The molecule has 0 amide bonds. The Morgan fingerprint density at radius 3 is 2.74 bits per heavy atom. The number of ether oxygens (including phenoxy) is 1. The summed E-state index contributed by atoms with van der Waals surface area (Å²) in [6, 6.07) is 0. The lowest BCUT2D eigenvalue weighted by atomic mass is 10.2. The first-order chi connectivity index (χ1) is 9.00. The van der Waals surface area contributed by atoms with Gasteiger partial charge in [-0.1, -0.05) is 0 Å². The number of nitrogen functional groups attached to an aromatic ring is 1. The monoisotopic (exact) mass is 284 g/mol. The van der Waals surface area contributed by atoms with Gasteiger partial charge in [-0.2, -0.15) is 0 Å². The number of aliphatic hydroxyl groups is 2. The van der Waals surface area contributed by atoms with Crippen molar-refractivity contribution < 1.29 is 14.9 Å². The molecule has 9 nitrogen and oxygen atoms in total. The summed E-state index contributed by atoms with van der Waals surface area (Å²) in [5.74, 6) is 0.229. The number of aliphatic hydroxyl groups excluding tert-OH is 2. The number of hydrogen-bond donors (Lipinski definition) is 5. The van der Waals surface area contributed by atoms with Crippen LogP contribution < -0.4 is 11.5 Å². The van der Waals surface area contributed by atoms with Crippen molar-refractivity contribution in [3.05, 3.63) is 11.1 Å². The molecule has 0 bridgehead atoms. The van der Waals surface area contributed by atoms with E-state index in [1.807, 2.05) is 0 Å². The molecule has 4 unspecified atom stereocenters. The molecule has 19 heavy (non-hydrogen) atoms. The topological polar surface area (TPSA) is 148 Å². The molecular formula is C9H12N6O3S. The summed E-state index contributed by atoms with van der Waals surface area (Å²) < 4.78 is 6.98. The van der Waals surface area contributed by atoms with Crippen LogP contribution in [-0.4, -0.2) is 48.2 Å². The van der Waals surface area contributed by atoms with E-state index in [1.165, 1.54) is 10.9 Å². The van der Waals surface area contributed by atoms with Gasteiger partial charge in [0.2, 0.25) is 0 Å². The number of nitrogens with one attached hydrogen (secondary N) is 1. The lowest BCUT2D eigenvalue weighted by molar-refractivity contribution is -0.0337. The van der Waals surface area contributed by atoms with E-state index in [9.17, 15) is 10.2 Å². The van der Waals surface area contributed by atoms with Crippen LogP contribution in [0.2, 0.25) is 0 Å². The largest absolute Gasteiger partial charge is 0.386 e. The predicted octanol–water partition coefficient (Wildman–Crippen LogP) is -1.39. The van der Waals surface area contributed by atoms with Crippen molar-refractivity contribution in [1.82, 2.24) is 19.5 Å². The van der Waals surface area contributed by atoms with Crippen molar-refractivity contribution in [2.24, 2.45) is 5.73 Å². The van der Waals surface area contributed by atoms with E-state index in [2.05, 4.69) is 15.0 Å². The van der Waals surface area contributed by atoms with E-state index in [-0.39, 0.29) is 10.6 Å². The van der Waals surface area contributed by atoms with E-state index >= 15 is 0 Å². The zero-order valence-corrected chi connectivity index (χ0v) is 10.4. The maximum absolute atomic E-state index is 9.94. The van der Waals surface area contributed by atoms with Crippen molar-refractivity contribution in [2.45, 2.75) is 24.7 Å². The Bertz CT molecular complexity index is 684. The molecule has 4 atom stereocenters. The minimum Gasteiger partial charge on any atom is -0.386 e. The Kier molecular flexibility index (Phi) is 2.76. The molecular weight excluding hydrogens is 272 g/mol. The van der Waals surface area contributed by atoms with Gasteiger partial charge in [0.15, 0.2) is 22.5 Å². The smallest absolute Gasteiger partial charge is 0.181 e. The minimum atomic E-state index is -1.21. The first-order valence-corrected chi connectivity index (χ1v) is 5.89. The van der Waals surface area contributed by atoms with Gasteiger partial charge < -0.3 is 31.4 Å². The molecule has 3 rings (SSSR count). The summed E-state index contributed by atoms with van der Waals surface area (Å²) in [6.45, 7) is 0. The molecule has 1 aliphatic rings. The normalized spacial score (nSPS) is 31.1. The molecule has 0 spiro atoms. The Hall–Kier alpha value is -1.59. The van der Waals surface area contributed by atoms with Crippen LogP contribution in [0.4, 0.5) is 5.82 Å². The summed E-state index contributed by atoms with van der Waals surface area (Å²) >= 11 is 5.15. The molecule has 1 aliphatic heterocycles. The molecule has 0 radical (unpaired) electrons. The maximum Gasteiger partial charge on any atom is 0.181 e. The average molecular weight is 284 g/mol. The second kappa shape index (κ2) is 4.21. The number of nitrogens with zero attached hydrogens (tertiary/aromatic N) is 3. The fraction of sp³-hybridized carbons (Fsp3) is 0.444.